The van der Waals surface area contributed by atoms with Crippen molar-refractivity contribution in [1.82, 2.24) is 25.2 Å². The zero-order chi connectivity index (χ0) is 24.4. The number of ether oxygens (including phenoxy) is 1. The number of benzene rings is 1. The van der Waals surface area contributed by atoms with Gasteiger partial charge in [0.2, 0.25) is 0 Å². The Morgan fingerprint density at radius 2 is 2.14 bits per heavy atom. The molecule has 0 spiro atoms. The molecule has 0 bridgehead atoms. The van der Waals surface area contributed by atoms with Crippen molar-refractivity contribution in [1.29, 1.82) is 0 Å². The summed E-state index contributed by atoms with van der Waals surface area (Å²) in [5.41, 5.74) is 3.36. The number of halogens is 2. The molecule has 188 valence electrons. The van der Waals surface area contributed by atoms with Gasteiger partial charge < -0.3 is 15.0 Å². The first kappa shape index (κ1) is 24.1. The molecular formula is C25H31F2N5O2S. The molecule has 1 fully saturated rings. The van der Waals surface area contributed by atoms with Crippen molar-refractivity contribution in [2.45, 2.75) is 64.0 Å². The minimum Gasteiger partial charge on any atom is -0.464 e. The van der Waals surface area contributed by atoms with Crippen molar-refractivity contribution in [2.75, 3.05) is 19.7 Å². The monoisotopic (exact) mass is 503 g/mol. The number of aromatic amines is 1. The zero-order valence-corrected chi connectivity index (χ0v) is 20.7. The van der Waals surface area contributed by atoms with Crippen LogP contribution in [0.1, 0.15) is 60.0 Å². The van der Waals surface area contributed by atoms with Crippen LogP contribution in [0.3, 0.4) is 0 Å². The van der Waals surface area contributed by atoms with Gasteiger partial charge in [-0.25, -0.2) is 18.7 Å². The van der Waals surface area contributed by atoms with E-state index in [1.807, 2.05) is 18.2 Å². The van der Waals surface area contributed by atoms with Gasteiger partial charge in [0.25, 0.3) is 17.0 Å². The Bertz CT molecular complexity index is 1170. The van der Waals surface area contributed by atoms with E-state index in [0.717, 1.165) is 86.7 Å². The summed E-state index contributed by atoms with van der Waals surface area (Å²) in [7, 11) is 0. The van der Waals surface area contributed by atoms with Crippen molar-refractivity contribution < 1.29 is 18.3 Å². The number of rotatable bonds is 8. The highest BCUT2D eigenvalue weighted by Crippen LogP contribution is 2.32. The first-order valence-corrected chi connectivity index (χ1v) is 13.1. The van der Waals surface area contributed by atoms with Crippen molar-refractivity contribution in [3.05, 3.63) is 40.7 Å². The number of carbonyl (C=O) groups is 1. The van der Waals surface area contributed by atoms with Gasteiger partial charge in [0.15, 0.2) is 6.61 Å². The molecule has 35 heavy (non-hydrogen) atoms. The van der Waals surface area contributed by atoms with Crippen LogP contribution < -0.4 is 10.1 Å². The van der Waals surface area contributed by atoms with Crippen molar-refractivity contribution in [3.63, 3.8) is 0 Å². The Kier molecular flexibility index (Phi) is 7.02. The van der Waals surface area contributed by atoms with E-state index in [9.17, 15) is 13.6 Å². The Morgan fingerprint density at radius 3 is 2.94 bits per heavy atom. The number of nitrogens with one attached hydrogen (secondary N) is 2. The van der Waals surface area contributed by atoms with Crippen molar-refractivity contribution in [2.24, 2.45) is 5.92 Å². The maximum atomic E-state index is 13.1. The zero-order valence-electron chi connectivity index (χ0n) is 19.9. The number of H-pyrrole nitrogens is 1. The molecule has 1 saturated carbocycles. The second-order valence-electron chi connectivity index (χ2n) is 9.85. The second-order valence-corrected chi connectivity index (χ2v) is 10.9. The van der Waals surface area contributed by atoms with Crippen LogP contribution in [-0.2, 0) is 13.0 Å². The number of amides is 1. The molecule has 0 atom stereocenters. The number of nitrogens with zero attached hydrogens (tertiary/aromatic N) is 3. The molecule has 1 amide bonds. The van der Waals surface area contributed by atoms with E-state index in [2.05, 4.69) is 25.2 Å². The highest BCUT2D eigenvalue weighted by Gasteiger charge is 2.27. The fourth-order valence-electron chi connectivity index (χ4n) is 4.98. The van der Waals surface area contributed by atoms with Gasteiger partial charge in [-0.2, -0.15) is 0 Å². The molecule has 1 aromatic carbocycles. The number of aromatic nitrogens is 3. The minimum atomic E-state index is -2.85. The normalized spacial score (nSPS) is 21.1. The van der Waals surface area contributed by atoms with Gasteiger partial charge in [0.05, 0.1) is 23.1 Å². The number of thiazole rings is 1. The summed E-state index contributed by atoms with van der Waals surface area (Å²) in [5.74, 6) is -2.22. The first-order valence-electron chi connectivity index (χ1n) is 12.3. The highest BCUT2D eigenvalue weighted by molar-refractivity contribution is 7.13. The molecule has 1 aliphatic carbocycles. The van der Waals surface area contributed by atoms with E-state index in [-0.39, 0.29) is 11.9 Å². The largest absolute Gasteiger partial charge is 0.464 e. The van der Waals surface area contributed by atoms with E-state index in [1.165, 1.54) is 11.3 Å². The molecule has 3 heterocycles. The average molecular weight is 504 g/mol. The third-order valence-electron chi connectivity index (χ3n) is 6.95. The summed E-state index contributed by atoms with van der Waals surface area (Å²) in [6.45, 7) is 2.94. The van der Waals surface area contributed by atoms with E-state index in [0.29, 0.717) is 16.7 Å². The maximum Gasteiger partial charge on any atom is 0.278 e. The Labute approximate surface area is 207 Å². The molecule has 7 nitrogen and oxygen atoms in total. The molecular weight excluding hydrogens is 472 g/mol. The molecule has 0 saturated heterocycles. The standard InChI is InChI=1S/C25H31F2N5O2S/c1-25(26,27)14-34-24-31-21-13-32(11-9-22(21)35-24)10-8-16-2-5-18(6-3-16)30-23(33)17-4-7-19-20(12-17)29-15-28-19/h4,7,12,15-16,18H,2-3,5-6,8-11,13-14H2,1H3,(H,28,29)(H,30,33)/t16-,18-. The number of hydrogen-bond donors (Lipinski definition) is 2. The third-order valence-corrected chi connectivity index (χ3v) is 8.02. The van der Waals surface area contributed by atoms with Crippen LogP contribution in [0.25, 0.3) is 11.0 Å². The van der Waals surface area contributed by atoms with Gasteiger partial charge in [0.1, 0.15) is 0 Å². The molecule has 2 aromatic heterocycles. The SMILES string of the molecule is CC(F)(F)COc1nc2c(s1)CCN(CC[C@H]1CC[C@H](NC(=O)c3ccc4nc[nH]c4c3)CC1)C2. The number of fused-ring (bicyclic) bond motifs is 2. The smallest absolute Gasteiger partial charge is 0.278 e. The van der Waals surface area contributed by atoms with Gasteiger partial charge in [-0.1, -0.05) is 11.3 Å². The van der Waals surface area contributed by atoms with Crippen LogP contribution in [0, 0.1) is 5.92 Å². The Morgan fingerprint density at radius 1 is 1.31 bits per heavy atom. The summed E-state index contributed by atoms with van der Waals surface area (Å²) in [5, 5.41) is 3.55. The summed E-state index contributed by atoms with van der Waals surface area (Å²) in [4.78, 5) is 27.9. The molecule has 5 rings (SSSR count). The third kappa shape index (κ3) is 6.16. The van der Waals surface area contributed by atoms with E-state index < -0.39 is 12.5 Å². The average Bonchev–Trinajstić information content (AvgIpc) is 3.47. The maximum absolute atomic E-state index is 13.1. The van der Waals surface area contributed by atoms with Gasteiger partial charge in [-0.15, -0.1) is 0 Å². The lowest BCUT2D eigenvalue weighted by Gasteiger charge is -2.32. The van der Waals surface area contributed by atoms with E-state index in [1.54, 1.807) is 6.33 Å². The minimum absolute atomic E-state index is 0.0247. The molecule has 3 aromatic rings. The summed E-state index contributed by atoms with van der Waals surface area (Å²) < 4.78 is 31.3. The van der Waals surface area contributed by atoms with Crippen LogP contribution in [0.2, 0.25) is 0 Å². The van der Waals surface area contributed by atoms with Gasteiger partial charge in [0, 0.05) is 36.5 Å². The van der Waals surface area contributed by atoms with Gasteiger partial charge in [-0.05, 0) is 69.2 Å². The van der Waals surface area contributed by atoms with Crippen molar-refractivity contribution in [3.8, 4) is 5.19 Å². The fraction of sp³-hybridized carbons (Fsp3) is 0.560. The van der Waals surface area contributed by atoms with Gasteiger partial charge >= 0.3 is 0 Å². The first-order chi connectivity index (χ1) is 16.8. The predicted molar refractivity (Wildman–Crippen MR) is 131 cm³/mol. The van der Waals surface area contributed by atoms with E-state index >= 15 is 0 Å². The quantitative estimate of drug-likeness (QED) is 0.462. The number of alkyl halides is 2. The predicted octanol–water partition coefficient (Wildman–Crippen LogP) is 4.79. The number of hydrogen-bond acceptors (Lipinski definition) is 6. The van der Waals surface area contributed by atoms with Crippen LogP contribution in [0.15, 0.2) is 24.5 Å². The van der Waals surface area contributed by atoms with Crippen molar-refractivity contribution >= 4 is 28.3 Å². The summed E-state index contributed by atoms with van der Waals surface area (Å²) >= 11 is 1.40. The Balaban J connectivity index is 1.04. The van der Waals surface area contributed by atoms with E-state index in [4.69, 9.17) is 4.74 Å². The second kappa shape index (κ2) is 10.2. The lowest BCUT2D eigenvalue weighted by molar-refractivity contribution is -0.0230. The highest BCUT2D eigenvalue weighted by atomic mass is 32.1. The van der Waals surface area contributed by atoms with Crippen LogP contribution >= 0.6 is 11.3 Å². The molecule has 0 radical (unpaired) electrons. The summed E-state index contributed by atoms with van der Waals surface area (Å²) in [6.07, 6.45) is 7.89. The molecule has 1 aliphatic heterocycles. The van der Waals surface area contributed by atoms with Crippen LogP contribution in [0.4, 0.5) is 8.78 Å². The Hall–Kier alpha value is -2.59. The fourth-order valence-corrected chi connectivity index (χ4v) is 5.88. The number of carbonyl (C=O) groups excluding carboxylic acids is 1. The van der Waals surface area contributed by atoms with Crippen LogP contribution in [-0.4, -0.2) is 57.4 Å². The lowest BCUT2D eigenvalue weighted by Crippen LogP contribution is -2.38. The number of imidazole rings is 1. The topological polar surface area (TPSA) is 83.1 Å². The van der Waals surface area contributed by atoms with Crippen LogP contribution in [0.5, 0.6) is 5.19 Å². The molecule has 10 heteroatoms. The molecule has 2 N–H and O–H groups in total. The molecule has 2 aliphatic rings. The summed E-state index contributed by atoms with van der Waals surface area (Å²) in [6, 6.07) is 5.76. The molecule has 0 unspecified atom stereocenters. The lowest BCUT2D eigenvalue weighted by atomic mass is 9.84. The van der Waals surface area contributed by atoms with Gasteiger partial charge in [-0.3, -0.25) is 9.69 Å².